The Balaban J connectivity index is 2.78. The Hall–Kier alpha value is -1.07. The zero-order valence-electron chi connectivity index (χ0n) is 9.72. The molecule has 96 valence electrons. The van der Waals surface area contributed by atoms with Crippen LogP contribution in [0.3, 0.4) is 0 Å². The number of alkyl halides is 3. The third-order valence-electron chi connectivity index (χ3n) is 2.61. The van der Waals surface area contributed by atoms with Crippen LogP contribution >= 0.6 is 0 Å². The lowest BCUT2D eigenvalue weighted by atomic mass is 10.0. The number of nitrogens with one attached hydrogen (secondary N) is 1. The van der Waals surface area contributed by atoms with Crippen molar-refractivity contribution in [2.45, 2.75) is 38.4 Å². The van der Waals surface area contributed by atoms with Crippen LogP contribution in [0.2, 0.25) is 0 Å². The number of benzene rings is 1. The largest absolute Gasteiger partial charge is 0.416 e. The molecule has 1 unspecified atom stereocenters. The smallest absolute Gasteiger partial charge is 0.271 e. The van der Waals surface area contributed by atoms with Gasteiger partial charge in [0.15, 0.2) is 0 Å². The summed E-state index contributed by atoms with van der Waals surface area (Å²) in [6.45, 7) is 2.01. The van der Waals surface area contributed by atoms with E-state index < -0.39 is 11.7 Å². The van der Waals surface area contributed by atoms with Crippen molar-refractivity contribution in [3.05, 3.63) is 35.4 Å². The highest BCUT2D eigenvalue weighted by molar-refractivity contribution is 5.26. The minimum absolute atomic E-state index is 0.0171. The van der Waals surface area contributed by atoms with Crippen LogP contribution in [0.5, 0.6) is 0 Å². The van der Waals surface area contributed by atoms with E-state index in [0.717, 1.165) is 18.9 Å². The number of halogens is 3. The van der Waals surface area contributed by atoms with Gasteiger partial charge in [0, 0.05) is 6.04 Å². The molecule has 1 aromatic carbocycles. The van der Waals surface area contributed by atoms with Gasteiger partial charge in [0.2, 0.25) is 0 Å². The minimum Gasteiger partial charge on any atom is -0.271 e. The minimum atomic E-state index is -4.29. The second-order valence-corrected chi connectivity index (χ2v) is 4.05. The van der Waals surface area contributed by atoms with Crippen molar-refractivity contribution in [2.24, 2.45) is 5.84 Å². The van der Waals surface area contributed by atoms with Crippen molar-refractivity contribution in [3.63, 3.8) is 0 Å². The van der Waals surface area contributed by atoms with E-state index in [4.69, 9.17) is 5.84 Å². The fraction of sp³-hybridized carbons (Fsp3) is 0.500. The van der Waals surface area contributed by atoms with E-state index in [1.54, 1.807) is 6.07 Å². The lowest BCUT2D eigenvalue weighted by Crippen LogP contribution is -2.36. The van der Waals surface area contributed by atoms with Crippen LogP contribution in [0.25, 0.3) is 0 Å². The van der Waals surface area contributed by atoms with E-state index in [1.165, 1.54) is 12.1 Å². The van der Waals surface area contributed by atoms with Crippen LogP contribution in [0, 0.1) is 0 Å². The molecule has 0 aliphatic heterocycles. The van der Waals surface area contributed by atoms with Crippen molar-refractivity contribution < 1.29 is 13.2 Å². The van der Waals surface area contributed by atoms with Gasteiger partial charge < -0.3 is 0 Å². The third-order valence-corrected chi connectivity index (χ3v) is 2.61. The molecule has 0 aliphatic carbocycles. The molecule has 2 nitrogen and oxygen atoms in total. The van der Waals surface area contributed by atoms with Crippen molar-refractivity contribution in [1.29, 1.82) is 0 Å². The molecule has 1 atom stereocenters. The Morgan fingerprint density at radius 1 is 1.35 bits per heavy atom. The molecular formula is C12H17F3N2. The highest BCUT2D eigenvalue weighted by atomic mass is 19.4. The maximum atomic E-state index is 12.5. The quantitative estimate of drug-likeness (QED) is 0.619. The van der Waals surface area contributed by atoms with Crippen molar-refractivity contribution >= 4 is 0 Å². The fourth-order valence-electron chi connectivity index (χ4n) is 1.75. The molecule has 0 amide bonds. The number of nitrogens with two attached hydrogens (primary N) is 1. The van der Waals surface area contributed by atoms with Gasteiger partial charge in [-0.3, -0.25) is 11.3 Å². The predicted molar refractivity (Wildman–Crippen MR) is 61.2 cm³/mol. The van der Waals surface area contributed by atoms with Gasteiger partial charge in [-0.15, -0.1) is 0 Å². The maximum absolute atomic E-state index is 12.5. The standard InChI is InChI=1S/C12H17F3N2/c1-2-4-11(17-16)8-9-5-3-6-10(7-9)12(13,14)15/h3,5-7,11,17H,2,4,8,16H2,1H3. The van der Waals surface area contributed by atoms with E-state index in [9.17, 15) is 13.2 Å². The average Bonchev–Trinajstić information content (AvgIpc) is 2.28. The third kappa shape index (κ3) is 4.36. The summed E-state index contributed by atoms with van der Waals surface area (Å²) >= 11 is 0. The lowest BCUT2D eigenvalue weighted by molar-refractivity contribution is -0.137. The van der Waals surface area contributed by atoms with Gasteiger partial charge >= 0.3 is 6.18 Å². The zero-order valence-corrected chi connectivity index (χ0v) is 9.72. The summed E-state index contributed by atoms with van der Waals surface area (Å²) in [6, 6.07) is 5.39. The van der Waals surface area contributed by atoms with Gasteiger partial charge in [0.1, 0.15) is 0 Å². The molecule has 0 fully saturated rings. The van der Waals surface area contributed by atoms with Crippen LogP contribution in [0.1, 0.15) is 30.9 Å². The molecule has 0 bridgehead atoms. The van der Waals surface area contributed by atoms with Crippen LogP contribution in [-0.4, -0.2) is 6.04 Å². The second kappa shape index (κ2) is 6.02. The van der Waals surface area contributed by atoms with E-state index in [-0.39, 0.29) is 6.04 Å². The molecule has 17 heavy (non-hydrogen) atoms. The van der Waals surface area contributed by atoms with Gasteiger partial charge in [-0.2, -0.15) is 13.2 Å². The van der Waals surface area contributed by atoms with Gasteiger partial charge in [-0.05, 0) is 24.5 Å². The van der Waals surface area contributed by atoms with Crippen LogP contribution in [0.15, 0.2) is 24.3 Å². The fourth-order valence-corrected chi connectivity index (χ4v) is 1.75. The summed E-state index contributed by atoms with van der Waals surface area (Å²) in [5.74, 6) is 5.36. The van der Waals surface area contributed by atoms with Gasteiger partial charge in [-0.1, -0.05) is 31.5 Å². The Bertz CT molecular complexity index is 350. The highest BCUT2D eigenvalue weighted by Gasteiger charge is 2.30. The predicted octanol–water partition coefficient (Wildman–Crippen LogP) is 2.88. The topological polar surface area (TPSA) is 38.0 Å². The molecule has 0 saturated heterocycles. The SMILES string of the molecule is CCCC(Cc1cccc(C(F)(F)F)c1)NN. The molecule has 0 saturated carbocycles. The summed E-state index contributed by atoms with van der Waals surface area (Å²) < 4.78 is 37.5. The summed E-state index contributed by atoms with van der Waals surface area (Å²) in [7, 11) is 0. The molecule has 3 N–H and O–H groups in total. The van der Waals surface area contributed by atoms with Gasteiger partial charge in [0.05, 0.1) is 5.56 Å². The zero-order chi connectivity index (χ0) is 12.9. The highest BCUT2D eigenvalue weighted by Crippen LogP contribution is 2.29. The van der Waals surface area contributed by atoms with E-state index in [2.05, 4.69) is 5.43 Å². The molecule has 0 radical (unpaired) electrons. The summed E-state index contributed by atoms with van der Waals surface area (Å²) in [5.41, 5.74) is 2.67. The second-order valence-electron chi connectivity index (χ2n) is 4.05. The Morgan fingerprint density at radius 2 is 2.06 bits per heavy atom. The van der Waals surface area contributed by atoms with Crippen LogP contribution in [0.4, 0.5) is 13.2 Å². The number of hydrazine groups is 1. The number of hydrogen-bond acceptors (Lipinski definition) is 2. The molecule has 1 rings (SSSR count). The average molecular weight is 246 g/mol. The Kier molecular flexibility index (Phi) is 4.96. The number of rotatable bonds is 5. The van der Waals surface area contributed by atoms with Crippen molar-refractivity contribution in [1.82, 2.24) is 5.43 Å². The Morgan fingerprint density at radius 3 is 2.59 bits per heavy atom. The van der Waals surface area contributed by atoms with Crippen molar-refractivity contribution in [3.8, 4) is 0 Å². The normalized spacial score (nSPS) is 13.7. The van der Waals surface area contributed by atoms with E-state index in [0.29, 0.717) is 12.0 Å². The van der Waals surface area contributed by atoms with Gasteiger partial charge in [0.25, 0.3) is 0 Å². The first-order valence-corrected chi connectivity index (χ1v) is 5.59. The molecule has 5 heteroatoms. The van der Waals surface area contributed by atoms with Crippen LogP contribution < -0.4 is 11.3 Å². The molecule has 0 heterocycles. The first-order chi connectivity index (χ1) is 7.97. The summed E-state index contributed by atoms with van der Waals surface area (Å²) in [5, 5.41) is 0. The molecule has 0 spiro atoms. The molecule has 0 aromatic heterocycles. The summed E-state index contributed by atoms with van der Waals surface area (Å²) in [4.78, 5) is 0. The molecule has 0 aliphatic rings. The lowest BCUT2D eigenvalue weighted by Gasteiger charge is -2.15. The maximum Gasteiger partial charge on any atom is 0.416 e. The Labute approximate surface area is 99.0 Å². The first kappa shape index (κ1) is 14.0. The number of hydrogen-bond donors (Lipinski definition) is 2. The van der Waals surface area contributed by atoms with Gasteiger partial charge in [-0.25, -0.2) is 0 Å². The molecular weight excluding hydrogens is 229 g/mol. The summed E-state index contributed by atoms with van der Waals surface area (Å²) in [6.07, 6.45) is -2.00. The van der Waals surface area contributed by atoms with Crippen molar-refractivity contribution in [2.75, 3.05) is 0 Å². The van der Waals surface area contributed by atoms with E-state index in [1.807, 2.05) is 6.92 Å². The monoisotopic (exact) mass is 246 g/mol. The van der Waals surface area contributed by atoms with E-state index >= 15 is 0 Å². The first-order valence-electron chi connectivity index (χ1n) is 5.59. The molecule has 1 aromatic rings. The van der Waals surface area contributed by atoms with Crippen LogP contribution in [-0.2, 0) is 12.6 Å².